The third-order valence-corrected chi connectivity index (χ3v) is 5.57. The van der Waals surface area contributed by atoms with E-state index in [4.69, 9.17) is 4.74 Å². The molecule has 0 fully saturated rings. The number of rotatable bonds is 5. The lowest BCUT2D eigenvalue weighted by Crippen LogP contribution is -2.24. The van der Waals surface area contributed by atoms with Crippen molar-refractivity contribution in [3.63, 3.8) is 0 Å². The van der Waals surface area contributed by atoms with Crippen LogP contribution >= 0.6 is 15.9 Å². The van der Waals surface area contributed by atoms with Gasteiger partial charge in [-0.15, -0.1) is 0 Å². The fraction of sp³-hybridized carbons (Fsp3) is 0.476. The molecule has 0 aromatic heterocycles. The molecule has 25 heavy (non-hydrogen) atoms. The molecular formula is C21H26BrFO2. The molecule has 0 N–H and O–H groups in total. The lowest BCUT2D eigenvalue weighted by molar-refractivity contribution is -0.106. The van der Waals surface area contributed by atoms with Gasteiger partial charge < -0.3 is 4.74 Å². The number of ether oxygens (including phenoxy) is 1. The van der Waals surface area contributed by atoms with Crippen LogP contribution in [0.3, 0.4) is 0 Å². The maximum Gasteiger partial charge on any atom is 0.178 e. The van der Waals surface area contributed by atoms with E-state index in [1.165, 1.54) is 11.1 Å². The Kier molecular flexibility index (Phi) is 5.93. The molecule has 1 aromatic carbocycles. The van der Waals surface area contributed by atoms with Gasteiger partial charge in [-0.05, 0) is 75.9 Å². The van der Waals surface area contributed by atoms with Crippen LogP contribution in [0.15, 0.2) is 22.4 Å². The van der Waals surface area contributed by atoms with E-state index in [1.54, 1.807) is 6.92 Å². The molecule has 0 heterocycles. The Bertz CT molecular complexity index is 758. The largest absolute Gasteiger partial charge is 0.492 e. The summed E-state index contributed by atoms with van der Waals surface area (Å²) in [5.41, 5.74) is 4.41. The first-order valence-corrected chi connectivity index (χ1v) is 9.47. The Labute approximate surface area is 158 Å². The number of benzene rings is 1. The van der Waals surface area contributed by atoms with Gasteiger partial charge in [0.25, 0.3) is 0 Å². The van der Waals surface area contributed by atoms with Crippen molar-refractivity contribution in [3.8, 4) is 5.75 Å². The summed E-state index contributed by atoms with van der Waals surface area (Å²) in [5.74, 6) is 0.194. The quantitative estimate of drug-likeness (QED) is 0.412. The molecule has 0 spiro atoms. The molecule has 0 amide bonds. The van der Waals surface area contributed by atoms with Crippen LogP contribution in [-0.2, 0) is 10.2 Å². The summed E-state index contributed by atoms with van der Waals surface area (Å²) in [7, 11) is 0. The van der Waals surface area contributed by atoms with Gasteiger partial charge in [0.2, 0.25) is 0 Å². The van der Waals surface area contributed by atoms with E-state index in [-0.39, 0.29) is 11.7 Å². The first kappa shape index (κ1) is 19.9. The fourth-order valence-electron chi connectivity index (χ4n) is 3.43. The number of carbonyl (C=O) groups excluding carboxylic acids is 1. The van der Waals surface area contributed by atoms with E-state index in [0.29, 0.717) is 29.4 Å². The lowest BCUT2D eigenvalue weighted by atomic mass is 9.70. The van der Waals surface area contributed by atoms with E-state index in [1.807, 2.05) is 13.0 Å². The first-order valence-electron chi connectivity index (χ1n) is 8.67. The number of hydrogen-bond acceptors (Lipinski definition) is 2. The van der Waals surface area contributed by atoms with Crippen molar-refractivity contribution in [2.45, 2.75) is 53.4 Å². The second-order valence-electron chi connectivity index (χ2n) is 7.42. The molecule has 0 unspecified atom stereocenters. The van der Waals surface area contributed by atoms with Gasteiger partial charge in [0.1, 0.15) is 5.75 Å². The van der Waals surface area contributed by atoms with Gasteiger partial charge in [-0.3, -0.25) is 4.79 Å². The predicted octanol–water partition coefficient (Wildman–Crippen LogP) is 6.47. The van der Waals surface area contributed by atoms with Crippen LogP contribution < -0.4 is 4.74 Å². The number of carbonyl (C=O) groups is 1. The zero-order valence-electron chi connectivity index (χ0n) is 15.8. The molecule has 0 saturated heterocycles. The summed E-state index contributed by atoms with van der Waals surface area (Å²) in [5, 5.41) is 0. The number of fused-ring (bicyclic) bond motifs is 1. The van der Waals surface area contributed by atoms with Gasteiger partial charge >= 0.3 is 0 Å². The molecule has 0 aliphatic heterocycles. The average molecular weight is 409 g/mol. The monoisotopic (exact) mass is 408 g/mol. The first-order chi connectivity index (χ1) is 11.7. The number of allylic oxidation sites excluding steroid dienone is 4. The molecular weight excluding hydrogens is 383 g/mol. The molecule has 0 radical (unpaired) electrons. The topological polar surface area (TPSA) is 26.3 Å². The molecule has 1 aliphatic rings. The van der Waals surface area contributed by atoms with Crippen molar-refractivity contribution < 1.29 is 13.9 Å². The molecule has 1 aromatic rings. The van der Waals surface area contributed by atoms with Gasteiger partial charge in [-0.25, -0.2) is 4.39 Å². The van der Waals surface area contributed by atoms with E-state index in [0.717, 1.165) is 16.5 Å². The van der Waals surface area contributed by atoms with Crippen LogP contribution in [0.4, 0.5) is 4.39 Å². The molecule has 2 nitrogen and oxygen atoms in total. The third-order valence-electron chi connectivity index (χ3n) is 4.82. The highest BCUT2D eigenvalue weighted by Gasteiger charge is 2.34. The van der Waals surface area contributed by atoms with Gasteiger partial charge in [0, 0.05) is 5.56 Å². The zero-order valence-corrected chi connectivity index (χ0v) is 17.4. The average Bonchev–Trinajstić information content (AvgIpc) is 2.54. The van der Waals surface area contributed by atoms with Gasteiger partial charge in [-0.2, -0.15) is 0 Å². The highest BCUT2D eigenvalue weighted by molar-refractivity contribution is 9.10. The Hall–Kier alpha value is -1.42. The van der Waals surface area contributed by atoms with Crippen molar-refractivity contribution in [3.05, 3.63) is 39.1 Å². The Morgan fingerprint density at radius 1 is 1.44 bits per heavy atom. The number of aldehydes is 1. The minimum Gasteiger partial charge on any atom is -0.492 e. The van der Waals surface area contributed by atoms with E-state index in [9.17, 15) is 9.18 Å². The second-order valence-corrected chi connectivity index (χ2v) is 8.21. The minimum absolute atomic E-state index is 0.0578. The standard InChI is InChI=1S/C21H26BrFO2/c1-7-25-20-15(13(4)17(23)11-24)10-16-14(12(2)3)8-9-21(5,6)18(16)19(20)22/h8,10-12H,7,9H2,1-6H3. The lowest BCUT2D eigenvalue weighted by Gasteiger charge is -2.36. The predicted molar refractivity (Wildman–Crippen MR) is 106 cm³/mol. The molecule has 136 valence electrons. The Morgan fingerprint density at radius 2 is 2.08 bits per heavy atom. The van der Waals surface area contributed by atoms with Gasteiger partial charge in [0.05, 0.1) is 11.1 Å². The minimum atomic E-state index is -0.766. The molecule has 0 atom stereocenters. The van der Waals surface area contributed by atoms with Crippen LogP contribution in [0.1, 0.15) is 64.7 Å². The van der Waals surface area contributed by atoms with E-state index in [2.05, 4.69) is 49.7 Å². The van der Waals surface area contributed by atoms with Crippen LogP contribution in [0.25, 0.3) is 11.1 Å². The molecule has 0 bridgehead atoms. The van der Waals surface area contributed by atoms with Crippen molar-refractivity contribution >= 4 is 33.4 Å². The highest BCUT2D eigenvalue weighted by atomic mass is 79.9. The second kappa shape index (κ2) is 7.45. The molecule has 2 rings (SSSR count). The molecule has 4 heteroatoms. The summed E-state index contributed by atoms with van der Waals surface area (Å²) in [6, 6.07) is 1.98. The van der Waals surface area contributed by atoms with Crippen LogP contribution in [-0.4, -0.2) is 12.9 Å². The summed E-state index contributed by atoms with van der Waals surface area (Å²) in [4.78, 5) is 10.9. The van der Waals surface area contributed by atoms with Crippen molar-refractivity contribution in [1.29, 1.82) is 0 Å². The maximum absolute atomic E-state index is 14.0. The van der Waals surface area contributed by atoms with Crippen molar-refractivity contribution in [2.24, 2.45) is 5.92 Å². The highest BCUT2D eigenvalue weighted by Crippen LogP contribution is 2.50. The fourth-order valence-corrected chi connectivity index (χ4v) is 4.50. The smallest absolute Gasteiger partial charge is 0.178 e. The Morgan fingerprint density at radius 3 is 2.60 bits per heavy atom. The zero-order chi connectivity index (χ0) is 18.9. The normalized spacial score (nSPS) is 16.9. The third kappa shape index (κ3) is 3.59. The molecule has 0 saturated carbocycles. The summed E-state index contributed by atoms with van der Waals surface area (Å²) in [6.45, 7) is 12.7. The van der Waals surface area contributed by atoms with Crippen LogP contribution in [0, 0.1) is 5.92 Å². The van der Waals surface area contributed by atoms with E-state index >= 15 is 0 Å². The van der Waals surface area contributed by atoms with Crippen molar-refractivity contribution in [1.82, 2.24) is 0 Å². The number of halogens is 2. The van der Waals surface area contributed by atoms with Crippen LogP contribution in [0.2, 0.25) is 0 Å². The summed E-state index contributed by atoms with van der Waals surface area (Å²) < 4.78 is 20.7. The van der Waals surface area contributed by atoms with E-state index < -0.39 is 5.83 Å². The molecule has 1 aliphatic carbocycles. The SMILES string of the molecule is CCOc1c(C(C)=C(F)C=O)cc2c(c1Br)C(C)(C)CC=C2C(C)C. The van der Waals surface area contributed by atoms with Crippen molar-refractivity contribution in [2.75, 3.05) is 6.61 Å². The van der Waals surface area contributed by atoms with Crippen LogP contribution in [0.5, 0.6) is 5.75 Å². The maximum atomic E-state index is 14.0. The summed E-state index contributed by atoms with van der Waals surface area (Å²) >= 11 is 3.72. The number of hydrogen-bond donors (Lipinski definition) is 0. The Balaban J connectivity index is 2.90. The van der Waals surface area contributed by atoms with Gasteiger partial charge in [-0.1, -0.05) is 33.8 Å². The van der Waals surface area contributed by atoms with Gasteiger partial charge in [0.15, 0.2) is 12.1 Å². The summed E-state index contributed by atoms with van der Waals surface area (Å²) in [6.07, 6.45) is 3.47.